The summed E-state index contributed by atoms with van der Waals surface area (Å²) in [7, 11) is 0. The Morgan fingerprint density at radius 2 is 2.12 bits per heavy atom. The molecule has 0 aromatic rings. The molecule has 0 bridgehead atoms. The third kappa shape index (κ3) is 4.70. The minimum atomic E-state index is -0.489. The maximum absolute atomic E-state index is 11.7. The Labute approximate surface area is 101 Å². The second-order valence-corrected chi connectivity index (χ2v) is 5.20. The predicted octanol–water partition coefficient (Wildman–Crippen LogP) is -0.866. The summed E-state index contributed by atoms with van der Waals surface area (Å²) in [6.45, 7) is 6.01. The zero-order valence-electron chi connectivity index (χ0n) is 10.6. The summed E-state index contributed by atoms with van der Waals surface area (Å²) in [5.74, 6) is -0.483. The maximum Gasteiger partial charge on any atom is 0.323 e. The van der Waals surface area contributed by atoms with E-state index in [1.807, 2.05) is 20.8 Å². The van der Waals surface area contributed by atoms with Crippen molar-refractivity contribution in [2.75, 3.05) is 13.1 Å². The summed E-state index contributed by atoms with van der Waals surface area (Å²) in [4.78, 5) is 22.8. The Bertz CT molecular complexity index is 299. The number of amides is 1. The molecule has 0 aromatic carbocycles. The topological polar surface area (TPSA) is 93.5 Å². The van der Waals surface area contributed by atoms with Crippen molar-refractivity contribution in [3.63, 3.8) is 0 Å². The molecule has 1 aliphatic rings. The summed E-state index contributed by atoms with van der Waals surface area (Å²) in [6.07, 6.45) is 0.542. The van der Waals surface area contributed by atoms with Crippen molar-refractivity contribution >= 4 is 11.9 Å². The van der Waals surface area contributed by atoms with Gasteiger partial charge in [-0.25, -0.2) is 0 Å². The van der Waals surface area contributed by atoms with Crippen LogP contribution in [-0.4, -0.2) is 42.7 Å². The predicted molar refractivity (Wildman–Crippen MR) is 63.2 cm³/mol. The van der Waals surface area contributed by atoms with Crippen molar-refractivity contribution < 1.29 is 14.3 Å². The molecule has 0 radical (unpaired) electrons. The van der Waals surface area contributed by atoms with E-state index in [9.17, 15) is 9.59 Å². The first-order valence-corrected chi connectivity index (χ1v) is 5.77. The van der Waals surface area contributed by atoms with Crippen molar-refractivity contribution in [2.45, 2.75) is 44.9 Å². The van der Waals surface area contributed by atoms with E-state index in [2.05, 4.69) is 10.6 Å². The molecule has 1 fully saturated rings. The van der Waals surface area contributed by atoms with Gasteiger partial charge in [0.25, 0.3) is 0 Å². The Morgan fingerprint density at radius 1 is 1.47 bits per heavy atom. The van der Waals surface area contributed by atoms with Gasteiger partial charge in [-0.2, -0.15) is 0 Å². The fourth-order valence-corrected chi connectivity index (χ4v) is 1.68. The van der Waals surface area contributed by atoms with Gasteiger partial charge in [0, 0.05) is 12.6 Å². The van der Waals surface area contributed by atoms with Crippen LogP contribution in [0.5, 0.6) is 0 Å². The van der Waals surface area contributed by atoms with Crippen LogP contribution < -0.4 is 16.4 Å². The number of hydrogen-bond donors (Lipinski definition) is 3. The largest absolute Gasteiger partial charge is 0.459 e. The number of nitrogens with two attached hydrogens (primary N) is 1. The molecule has 0 saturated carbocycles. The summed E-state index contributed by atoms with van der Waals surface area (Å²) in [5.41, 5.74) is 4.72. The van der Waals surface area contributed by atoms with Gasteiger partial charge in [-0.1, -0.05) is 0 Å². The first-order chi connectivity index (χ1) is 7.81. The highest BCUT2D eigenvalue weighted by molar-refractivity contribution is 5.79. The van der Waals surface area contributed by atoms with Crippen molar-refractivity contribution in [1.82, 2.24) is 10.6 Å². The number of hydrogen-bond acceptors (Lipinski definition) is 5. The van der Waals surface area contributed by atoms with Crippen LogP contribution in [0.25, 0.3) is 0 Å². The Kier molecular flexibility index (Phi) is 4.47. The van der Waals surface area contributed by atoms with Crippen molar-refractivity contribution in [3.8, 4) is 0 Å². The Morgan fingerprint density at radius 3 is 2.65 bits per heavy atom. The smallest absolute Gasteiger partial charge is 0.323 e. The molecule has 0 aromatic heterocycles. The molecule has 0 aliphatic carbocycles. The fraction of sp³-hybridized carbons (Fsp3) is 0.818. The monoisotopic (exact) mass is 243 g/mol. The van der Waals surface area contributed by atoms with E-state index in [0.29, 0.717) is 13.0 Å². The zero-order chi connectivity index (χ0) is 13.1. The number of carbonyl (C=O) groups is 2. The highest BCUT2D eigenvalue weighted by Gasteiger charge is 2.33. The molecule has 17 heavy (non-hydrogen) atoms. The molecule has 1 rings (SSSR count). The van der Waals surface area contributed by atoms with Crippen LogP contribution in [0, 0.1) is 0 Å². The molecular weight excluding hydrogens is 222 g/mol. The van der Waals surface area contributed by atoms with E-state index < -0.39 is 5.60 Å². The SMILES string of the molecule is CC(C)(C)OC(=O)C1C[C@H](NC(=O)CN)CN1. The number of rotatable bonds is 3. The van der Waals surface area contributed by atoms with Gasteiger partial charge in [-0.05, 0) is 27.2 Å². The molecular formula is C11H21N3O3. The van der Waals surface area contributed by atoms with E-state index in [0.717, 1.165) is 0 Å². The molecule has 1 heterocycles. The lowest BCUT2D eigenvalue weighted by molar-refractivity contribution is -0.157. The zero-order valence-corrected chi connectivity index (χ0v) is 10.6. The molecule has 2 atom stereocenters. The number of ether oxygens (including phenoxy) is 1. The van der Waals surface area contributed by atoms with Gasteiger partial charge in [0.05, 0.1) is 6.54 Å². The van der Waals surface area contributed by atoms with Gasteiger partial charge in [-0.15, -0.1) is 0 Å². The van der Waals surface area contributed by atoms with Gasteiger partial charge < -0.3 is 21.1 Å². The average Bonchev–Trinajstić information content (AvgIpc) is 2.63. The van der Waals surface area contributed by atoms with E-state index in [4.69, 9.17) is 10.5 Å². The molecule has 1 saturated heterocycles. The number of carbonyl (C=O) groups excluding carboxylic acids is 2. The molecule has 1 amide bonds. The summed E-state index contributed by atoms with van der Waals surface area (Å²) in [6, 6.07) is -0.402. The van der Waals surface area contributed by atoms with E-state index in [1.54, 1.807) is 0 Å². The van der Waals surface area contributed by atoms with Crippen LogP contribution in [-0.2, 0) is 14.3 Å². The highest BCUT2D eigenvalue weighted by Crippen LogP contribution is 2.13. The molecule has 1 unspecified atom stereocenters. The normalized spacial score (nSPS) is 24.5. The first kappa shape index (κ1) is 13.9. The van der Waals surface area contributed by atoms with Gasteiger partial charge in [0.1, 0.15) is 11.6 Å². The average molecular weight is 243 g/mol. The van der Waals surface area contributed by atoms with Crippen LogP contribution in [0.4, 0.5) is 0 Å². The fourth-order valence-electron chi connectivity index (χ4n) is 1.68. The van der Waals surface area contributed by atoms with Crippen LogP contribution >= 0.6 is 0 Å². The maximum atomic E-state index is 11.7. The van der Waals surface area contributed by atoms with E-state index >= 15 is 0 Å². The van der Waals surface area contributed by atoms with Gasteiger partial charge >= 0.3 is 5.97 Å². The van der Waals surface area contributed by atoms with Crippen LogP contribution in [0.1, 0.15) is 27.2 Å². The minimum Gasteiger partial charge on any atom is -0.459 e. The van der Waals surface area contributed by atoms with Crippen molar-refractivity contribution in [1.29, 1.82) is 0 Å². The summed E-state index contributed by atoms with van der Waals surface area (Å²) in [5, 5.41) is 5.77. The van der Waals surface area contributed by atoms with E-state index in [-0.39, 0.29) is 30.5 Å². The molecule has 1 aliphatic heterocycles. The lowest BCUT2D eigenvalue weighted by atomic mass is 10.1. The van der Waals surface area contributed by atoms with Gasteiger partial charge in [-0.3, -0.25) is 9.59 Å². The first-order valence-electron chi connectivity index (χ1n) is 5.77. The lowest BCUT2D eigenvalue weighted by Crippen LogP contribution is -2.39. The standard InChI is InChI=1S/C11H21N3O3/c1-11(2,3)17-10(16)8-4-7(6-13-8)14-9(15)5-12/h7-8,13H,4-6,12H2,1-3H3,(H,14,15)/t7-,8?/m0/s1. The Balaban J connectivity index is 2.39. The van der Waals surface area contributed by atoms with Crippen LogP contribution in [0.3, 0.4) is 0 Å². The third-order valence-electron chi connectivity index (χ3n) is 2.37. The van der Waals surface area contributed by atoms with Gasteiger partial charge in [0.15, 0.2) is 0 Å². The van der Waals surface area contributed by atoms with Crippen LogP contribution in [0.2, 0.25) is 0 Å². The molecule has 0 spiro atoms. The van der Waals surface area contributed by atoms with Crippen molar-refractivity contribution in [3.05, 3.63) is 0 Å². The van der Waals surface area contributed by atoms with E-state index in [1.165, 1.54) is 0 Å². The molecule has 98 valence electrons. The number of esters is 1. The second kappa shape index (κ2) is 5.46. The summed E-state index contributed by atoms with van der Waals surface area (Å²) >= 11 is 0. The Hall–Kier alpha value is -1.14. The second-order valence-electron chi connectivity index (χ2n) is 5.20. The molecule has 6 heteroatoms. The minimum absolute atomic E-state index is 0.0341. The summed E-state index contributed by atoms with van der Waals surface area (Å²) < 4.78 is 5.26. The van der Waals surface area contributed by atoms with Crippen LogP contribution in [0.15, 0.2) is 0 Å². The lowest BCUT2D eigenvalue weighted by Gasteiger charge is -2.22. The molecule has 6 nitrogen and oxygen atoms in total. The highest BCUT2D eigenvalue weighted by atomic mass is 16.6. The van der Waals surface area contributed by atoms with Crippen molar-refractivity contribution in [2.24, 2.45) is 5.73 Å². The molecule has 4 N–H and O–H groups in total. The quantitative estimate of drug-likeness (QED) is 0.560. The third-order valence-corrected chi connectivity index (χ3v) is 2.37. The van der Waals surface area contributed by atoms with Gasteiger partial charge in [0.2, 0.25) is 5.91 Å². The number of nitrogens with one attached hydrogen (secondary N) is 2.